The van der Waals surface area contributed by atoms with Crippen molar-refractivity contribution in [3.8, 4) is 0 Å². The summed E-state index contributed by atoms with van der Waals surface area (Å²) in [7, 11) is 4.41. The zero-order valence-corrected chi connectivity index (χ0v) is 16.0. The van der Waals surface area contributed by atoms with E-state index in [2.05, 4.69) is 98.7 Å². The molecule has 0 saturated heterocycles. The van der Waals surface area contributed by atoms with Gasteiger partial charge in [-0.2, -0.15) is 0 Å². The molecule has 0 N–H and O–H groups in total. The highest BCUT2D eigenvalue weighted by Gasteiger charge is 2.39. The molecule has 0 saturated carbocycles. The first-order valence-electron chi connectivity index (χ1n) is 9.24. The number of hydrogen-bond donors (Lipinski definition) is 0. The lowest BCUT2D eigenvalue weighted by molar-refractivity contribution is -0.722. The number of imidazole rings is 1. The number of aromatic nitrogens is 2. The summed E-state index contributed by atoms with van der Waals surface area (Å²) in [4.78, 5) is 2.37. The molecule has 2 aromatic rings. The Kier molecular flexibility index (Phi) is 4.82. The second-order valence-corrected chi connectivity index (χ2v) is 8.17. The van der Waals surface area contributed by atoms with Gasteiger partial charge in [-0.3, -0.25) is 0 Å². The van der Waals surface area contributed by atoms with E-state index in [1.807, 2.05) is 0 Å². The van der Waals surface area contributed by atoms with Gasteiger partial charge in [0.05, 0.1) is 6.20 Å². The van der Waals surface area contributed by atoms with Gasteiger partial charge in [0, 0.05) is 12.0 Å². The molecule has 24 heavy (non-hydrogen) atoms. The molecule has 0 spiro atoms. The van der Waals surface area contributed by atoms with Crippen LogP contribution in [0.5, 0.6) is 0 Å². The Morgan fingerprint density at radius 3 is 2.50 bits per heavy atom. The lowest BCUT2D eigenvalue weighted by Crippen LogP contribution is -2.50. The molecule has 0 fully saturated rings. The van der Waals surface area contributed by atoms with Gasteiger partial charge in [-0.05, 0) is 50.1 Å². The number of allylic oxidation sites excluding steroid dienone is 1. The molecule has 0 aliphatic heterocycles. The van der Waals surface area contributed by atoms with Crippen molar-refractivity contribution >= 4 is 5.52 Å². The first-order valence-corrected chi connectivity index (χ1v) is 9.24. The van der Waals surface area contributed by atoms with Crippen LogP contribution in [0.2, 0.25) is 0 Å². The molecule has 2 unspecified atom stereocenters. The van der Waals surface area contributed by atoms with Crippen LogP contribution >= 0.6 is 0 Å². The van der Waals surface area contributed by atoms with E-state index in [-0.39, 0.29) is 0 Å². The van der Waals surface area contributed by atoms with Gasteiger partial charge in [0.25, 0.3) is 0 Å². The van der Waals surface area contributed by atoms with Crippen molar-refractivity contribution in [1.82, 2.24) is 9.30 Å². The quantitative estimate of drug-likeness (QED) is 0.611. The SMILES string of the molecule is CC(C)C1=CC(N(C)C)CC(C(C)C)[C@H]1[n+]1cc2ccccn2c1. The molecule has 1 aliphatic carbocycles. The highest BCUT2D eigenvalue weighted by Crippen LogP contribution is 2.40. The van der Waals surface area contributed by atoms with Crippen molar-refractivity contribution in [1.29, 1.82) is 0 Å². The van der Waals surface area contributed by atoms with E-state index in [1.165, 1.54) is 11.9 Å². The average molecular weight is 327 g/mol. The summed E-state index contributed by atoms with van der Waals surface area (Å²) in [6.07, 6.45) is 10.5. The summed E-state index contributed by atoms with van der Waals surface area (Å²) in [5.41, 5.74) is 2.84. The predicted octanol–water partition coefficient (Wildman–Crippen LogP) is 3.96. The second-order valence-electron chi connectivity index (χ2n) is 8.17. The molecule has 2 heterocycles. The van der Waals surface area contributed by atoms with E-state index in [4.69, 9.17) is 0 Å². The summed E-state index contributed by atoms with van der Waals surface area (Å²) in [5, 5.41) is 0. The largest absolute Gasteiger partial charge is 0.303 e. The summed E-state index contributed by atoms with van der Waals surface area (Å²) in [6, 6.07) is 7.40. The van der Waals surface area contributed by atoms with E-state index < -0.39 is 0 Å². The number of fused-ring (bicyclic) bond motifs is 1. The van der Waals surface area contributed by atoms with Crippen LogP contribution in [0.25, 0.3) is 5.52 Å². The number of pyridine rings is 1. The monoisotopic (exact) mass is 326 g/mol. The van der Waals surface area contributed by atoms with Gasteiger partial charge in [-0.15, -0.1) is 0 Å². The Morgan fingerprint density at radius 2 is 1.92 bits per heavy atom. The molecule has 1 aliphatic rings. The standard InChI is InChI=1S/C21H32N3/c1-15(2)19-11-18(22(5)6)12-20(16(3)4)21(19)24-13-17-9-7-8-10-23(17)14-24/h7-11,13-16,18,20-21H,12H2,1-6H3/q+1/t18?,20?,21-/m0/s1. The van der Waals surface area contributed by atoms with Crippen LogP contribution in [-0.2, 0) is 0 Å². The van der Waals surface area contributed by atoms with Crippen molar-refractivity contribution in [2.75, 3.05) is 14.1 Å². The molecule has 130 valence electrons. The third-order valence-corrected chi connectivity index (χ3v) is 5.62. The fraction of sp³-hybridized carbons (Fsp3) is 0.571. The molecule has 0 radical (unpaired) electrons. The second kappa shape index (κ2) is 6.72. The van der Waals surface area contributed by atoms with Gasteiger partial charge in [-0.25, -0.2) is 8.97 Å². The maximum atomic E-state index is 2.53. The van der Waals surface area contributed by atoms with Gasteiger partial charge in [-0.1, -0.05) is 39.8 Å². The van der Waals surface area contributed by atoms with Crippen molar-refractivity contribution in [2.45, 2.75) is 46.2 Å². The number of likely N-dealkylation sites (N-methyl/N-ethyl adjacent to an activating group) is 1. The zero-order chi connectivity index (χ0) is 17.4. The summed E-state index contributed by atoms with van der Waals surface area (Å²) < 4.78 is 4.69. The number of rotatable bonds is 4. The Hall–Kier alpha value is -1.61. The smallest absolute Gasteiger partial charge is 0.249 e. The summed E-state index contributed by atoms with van der Waals surface area (Å²) in [6.45, 7) is 9.43. The lowest BCUT2D eigenvalue weighted by atomic mass is 9.72. The Balaban J connectivity index is 2.10. The maximum Gasteiger partial charge on any atom is 0.249 e. The minimum atomic E-state index is 0.459. The molecule has 3 atom stereocenters. The maximum absolute atomic E-state index is 2.53. The molecule has 0 bridgehead atoms. The zero-order valence-electron chi connectivity index (χ0n) is 16.0. The minimum absolute atomic E-state index is 0.459. The highest BCUT2D eigenvalue weighted by molar-refractivity contribution is 5.42. The first-order chi connectivity index (χ1) is 11.4. The lowest BCUT2D eigenvalue weighted by Gasteiger charge is -2.40. The summed E-state index contributed by atoms with van der Waals surface area (Å²) in [5.74, 6) is 1.88. The van der Waals surface area contributed by atoms with E-state index in [1.54, 1.807) is 5.57 Å². The van der Waals surface area contributed by atoms with E-state index in [0.717, 1.165) is 0 Å². The Morgan fingerprint density at radius 1 is 1.17 bits per heavy atom. The van der Waals surface area contributed by atoms with Crippen LogP contribution in [-0.4, -0.2) is 29.4 Å². The Labute approximate surface area is 146 Å². The molecule has 3 nitrogen and oxygen atoms in total. The molecular weight excluding hydrogens is 294 g/mol. The van der Waals surface area contributed by atoms with Crippen LogP contribution < -0.4 is 4.57 Å². The molecule has 0 amide bonds. The van der Waals surface area contributed by atoms with E-state index >= 15 is 0 Å². The Bertz CT molecular complexity index is 691. The average Bonchev–Trinajstić information content (AvgIpc) is 2.96. The van der Waals surface area contributed by atoms with Crippen molar-refractivity contribution in [3.05, 3.63) is 48.6 Å². The molecule has 0 aromatic carbocycles. The molecule has 2 aromatic heterocycles. The van der Waals surface area contributed by atoms with E-state index in [9.17, 15) is 0 Å². The van der Waals surface area contributed by atoms with Crippen LogP contribution in [0, 0.1) is 17.8 Å². The third kappa shape index (κ3) is 3.14. The van der Waals surface area contributed by atoms with Crippen molar-refractivity contribution < 1.29 is 4.57 Å². The van der Waals surface area contributed by atoms with E-state index in [0.29, 0.717) is 29.8 Å². The first kappa shape index (κ1) is 17.2. The van der Waals surface area contributed by atoms with Gasteiger partial charge >= 0.3 is 0 Å². The van der Waals surface area contributed by atoms with Crippen LogP contribution in [0.3, 0.4) is 0 Å². The fourth-order valence-electron chi connectivity index (χ4n) is 4.13. The van der Waals surface area contributed by atoms with Gasteiger partial charge in [0.1, 0.15) is 12.2 Å². The minimum Gasteiger partial charge on any atom is -0.303 e. The van der Waals surface area contributed by atoms with Gasteiger partial charge < -0.3 is 4.90 Å². The molecular formula is C21H32N3+. The van der Waals surface area contributed by atoms with Crippen LogP contribution in [0.1, 0.15) is 40.2 Å². The van der Waals surface area contributed by atoms with Crippen LogP contribution in [0.15, 0.2) is 48.6 Å². The number of nitrogens with zero attached hydrogens (tertiary/aromatic N) is 3. The van der Waals surface area contributed by atoms with Gasteiger partial charge in [0.15, 0.2) is 5.52 Å². The molecule has 3 heteroatoms. The highest BCUT2D eigenvalue weighted by atomic mass is 15.1. The fourth-order valence-corrected chi connectivity index (χ4v) is 4.13. The van der Waals surface area contributed by atoms with Crippen LogP contribution in [0.4, 0.5) is 0 Å². The number of hydrogen-bond acceptors (Lipinski definition) is 1. The van der Waals surface area contributed by atoms with Gasteiger partial charge in [0.2, 0.25) is 6.33 Å². The van der Waals surface area contributed by atoms with Crippen molar-refractivity contribution in [2.24, 2.45) is 17.8 Å². The normalized spacial score (nSPS) is 25.0. The topological polar surface area (TPSA) is 11.5 Å². The summed E-state index contributed by atoms with van der Waals surface area (Å²) >= 11 is 0. The van der Waals surface area contributed by atoms with Crippen molar-refractivity contribution in [3.63, 3.8) is 0 Å². The molecule has 3 rings (SSSR count). The predicted molar refractivity (Wildman–Crippen MR) is 100.0 cm³/mol. The third-order valence-electron chi connectivity index (χ3n) is 5.62.